The number of fused-ring (bicyclic) bond motifs is 1. The third-order valence-electron chi connectivity index (χ3n) is 4.73. The van der Waals surface area contributed by atoms with Crippen molar-refractivity contribution in [2.75, 3.05) is 12.4 Å². The van der Waals surface area contributed by atoms with Gasteiger partial charge in [0.25, 0.3) is 5.56 Å². The Labute approximate surface area is 183 Å². The van der Waals surface area contributed by atoms with Crippen LogP contribution in [0.2, 0.25) is 15.1 Å². The van der Waals surface area contributed by atoms with Gasteiger partial charge < -0.3 is 10.2 Å². The Morgan fingerprint density at radius 3 is 2.66 bits per heavy atom. The molecule has 3 aromatic rings. The molecule has 0 aliphatic rings. The fourth-order valence-electron chi connectivity index (χ4n) is 2.99. The SMILES string of the molecule is CCn1c(C(C)N(C)C(=O)Nc2cccc(Cl)c2Cl)nc2ccc(Cl)cc2c1=O. The zero-order chi connectivity index (χ0) is 21.3. The molecule has 152 valence electrons. The van der Waals surface area contributed by atoms with Gasteiger partial charge in [-0.05, 0) is 44.2 Å². The first-order valence-corrected chi connectivity index (χ1v) is 10.1. The van der Waals surface area contributed by atoms with Gasteiger partial charge in [0.2, 0.25) is 0 Å². The summed E-state index contributed by atoms with van der Waals surface area (Å²) in [5.41, 5.74) is 0.725. The molecule has 0 aliphatic carbocycles. The normalized spacial score (nSPS) is 12.1. The Balaban J connectivity index is 1.96. The predicted molar refractivity (Wildman–Crippen MR) is 118 cm³/mol. The van der Waals surface area contributed by atoms with Crippen molar-refractivity contribution in [3.63, 3.8) is 0 Å². The summed E-state index contributed by atoms with van der Waals surface area (Å²) in [6.07, 6.45) is 0. The summed E-state index contributed by atoms with van der Waals surface area (Å²) in [6.45, 7) is 4.06. The molecule has 9 heteroatoms. The van der Waals surface area contributed by atoms with Crippen molar-refractivity contribution in [2.45, 2.75) is 26.4 Å². The minimum Gasteiger partial charge on any atom is -0.318 e. The second-order valence-electron chi connectivity index (χ2n) is 6.50. The van der Waals surface area contributed by atoms with Crippen LogP contribution >= 0.6 is 34.8 Å². The van der Waals surface area contributed by atoms with Crippen LogP contribution in [-0.2, 0) is 6.54 Å². The van der Waals surface area contributed by atoms with Gasteiger partial charge in [-0.15, -0.1) is 0 Å². The lowest BCUT2D eigenvalue weighted by Crippen LogP contribution is -2.37. The van der Waals surface area contributed by atoms with E-state index in [2.05, 4.69) is 10.3 Å². The lowest BCUT2D eigenvalue weighted by atomic mass is 10.2. The monoisotopic (exact) mass is 452 g/mol. The molecule has 0 aliphatic heterocycles. The number of hydrogen-bond donors (Lipinski definition) is 1. The number of rotatable bonds is 4. The highest BCUT2D eigenvalue weighted by atomic mass is 35.5. The number of aromatic nitrogens is 2. The maximum absolute atomic E-state index is 12.9. The molecule has 0 fully saturated rings. The minimum atomic E-state index is -0.485. The smallest absolute Gasteiger partial charge is 0.318 e. The second-order valence-corrected chi connectivity index (χ2v) is 7.72. The molecule has 0 spiro atoms. The van der Waals surface area contributed by atoms with Crippen molar-refractivity contribution in [3.8, 4) is 0 Å². The van der Waals surface area contributed by atoms with Crippen LogP contribution in [0, 0.1) is 0 Å². The standard InChI is InChI=1S/C20H19Cl3N4O2/c1-4-27-18(24-15-9-8-12(21)10-13(15)19(27)28)11(2)26(3)20(29)25-16-7-5-6-14(22)17(16)23/h5-11H,4H2,1-3H3,(H,25,29). The number of carbonyl (C=O) groups excluding carboxylic acids is 1. The van der Waals surface area contributed by atoms with Gasteiger partial charge in [-0.1, -0.05) is 40.9 Å². The van der Waals surface area contributed by atoms with Crippen LogP contribution in [0.15, 0.2) is 41.2 Å². The van der Waals surface area contributed by atoms with Crippen LogP contribution in [0.4, 0.5) is 10.5 Å². The van der Waals surface area contributed by atoms with Gasteiger partial charge in [0.1, 0.15) is 5.82 Å². The molecule has 6 nitrogen and oxygen atoms in total. The molecule has 0 bridgehead atoms. The third kappa shape index (κ3) is 4.20. The van der Waals surface area contributed by atoms with Crippen LogP contribution in [0.3, 0.4) is 0 Å². The Morgan fingerprint density at radius 1 is 1.24 bits per heavy atom. The van der Waals surface area contributed by atoms with Crippen LogP contribution in [0.25, 0.3) is 10.9 Å². The molecule has 0 saturated carbocycles. The number of carbonyl (C=O) groups is 1. The van der Waals surface area contributed by atoms with Crippen LogP contribution < -0.4 is 10.9 Å². The Kier molecular flexibility index (Phi) is 6.36. The molecule has 0 saturated heterocycles. The number of anilines is 1. The van der Waals surface area contributed by atoms with E-state index in [1.54, 1.807) is 54.9 Å². The van der Waals surface area contributed by atoms with Crippen LogP contribution in [0.5, 0.6) is 0 Å². The Morgan fingerprint density at radius 2 is 1.97 bits per heavy atom. The largest absolute Gasteiger partial charge is 0.322 e. The molecular formula is C20H19Cl3N4O2. The van der Waals surface area contributed by atoms with E-state index >= 15 is 0 Å². The van der Waals surface area contributed by atoms with Crippen molar-refractivity contribution >= 4 is 57.4 Å². The van der Waals surface area contributed by atoms with E-state index in [0.29, 0.717) is 39.0 Å². The summed E-state index contributed by atoms with van der Waals surface area (Å²) in [7, 11) is 1.62. The van der Waals surface area contributed by atoms with E-state index in [1.165, 1.54) is 4.90 Å². The lowest BCUT2D eigenvalue weighted by Gasteiger charge is -2.27. The van der Waals surface area contributed by atoms with E-state index < -0.39 is 12.1 Å². The summed E-state index contributed by atoms with van der Waals surface area (Å²) in [4.78, 5) is 31.8. The van der Waals surface area contributed by atoms with Gasteiger partial charge in [0, 0.05) is 18.6 Å². The number of urea groups is 1. The number of benzene rings is 2. The molecule has 2 aromatic carbocycles. The van der Waals surface area contributed by atoms with Gasteiger partial charge in [-0.25, -0.2) is 9.78 Å². The average Bonchev–Trinajstić information content (AvgIpc) is 2.70. The fourth-order valence-corrected chi connectivity index (χ4v) is 3.51. The molecule has 3 rings (SSSR count). The first-order chi connectivity index (χ1) is 13.7. The lowest BCUT2D eigenvalue weighted by molar-refractivity contribution is 0.204. The number of hydrogen-bond acceptors (Lipinski definition) is 3. The van der Waals surface area contributed by atoms with E-state index in [1.807, 2.05) is 6.92 Å². The van der Waals surface area contributed by atoms with Crippen molar-refractivity contribution < 1.29 is 4.79 Å². The Hall–Kier alpha value is -2.28. The molecular weight excluding hydrogens is 435 g/mol. The first-order valence-electron chi connectivity index (χ1n) is 8.92. The maximum atomic E-state index is 12.9. The highest BCUT2D eigenvalue weighted by Crippen LogP contribution is 2.30. The van der Waals surface area contributed by atoms with E-state index in [4.69, 9.17) is 34.8 Å². The number of amides is 2. The molecule has 29 heavy (non-hydrogen) atoms. The zero-order valence-electron chi connectivity index (χ0n) is 16.0. The second kappa shape index (κ2) is 8.61. The van der Waals surface area contributed by atoms with Crippen LogP contribution in [-0.4, -0.2) is 27.5 Å². The minimum absolute atomic E-state index is 0.200. The summed E-state index contributed by atoms with van der Waals surface area (Å²) in [5.74, 6) is 0.474. The van der Waals surface area contributed by atoms with Crippen LogP contribution in [0.1, 0.15) is 25.7 Å². The zero-order valence-corrected chi connectivity index (χ0v) is 18.3. The van der Waals surface area contributed by atoms with Crippen molar-refractivity contribution in [1.82, 2.24) is 14.5 Å². The highest BCUT2D eigenvalue weighted by molar-refractivity contribution is 6.44. The maximum Gasteiger partial charge on any atom is 0.322 e. The van der Waals surface area contributed by atoms with E-state index in [9.17, 15) is 9.59 Å². The third-order valence-corrected chi connectivity index (χ3v) is 5.78. The Bertz CT molecular complexity index is 1150. The van der Waals surface area contributed by atoms with Crippen molar-refractivity contribution in [3.05, 3.63) is 67.6 Å². The van der Waals surface area contributed by atoms with Gasteiger partial charge in [0.15, 0.2) is 0 Å². The fraction of sp³-hybridized carbons (Fsp3) is 0.250. The molecule has 1 N–H and O–H groups in total. The molecule has 2 amide bonds. The van der Waals surface area contributed by atoms with Crippen molar-refractivity contribution in [2.24, 2.45) is 0 Å². The van der Waals surface area contributed by atoms with Gasteiger partial charge in [-0.2, -0.15) is 0 Å². The first kappa shape index (κ1) is 21.4. The van der Waals surface area contributed by atoms with E-state index in [-0.39, 0.29) is 10.6 Å². The summed E-state index contributed by atoms with van der Waals surface area (Å²) in [5, 5.41) is 4.24. The molecule has 1 aromatic heterocycles. The van der Waals surface area contributed by atoms with E-state index in [0.717, 1.165) is 0 Å². The van der Waals surface area contributed by atoms with Gasteiger partial charge in [-0.3, -0.25) is 9.36 Å². The number of halogens is 3. The predicted octanol–water partition coefficient (Wildman–Crippen LogP) is 5.60. The van der Waals surface area contributed by atoms with Crippen molar-refractivity contribution in [1.29, 1.82) is 0 Å². The molecule has 1 atom stereocenters. The summed E-state index contributed by atoms with van der Waals surface area (Å²) < 4.78 is 1.54. The number of nitrogens with zero attached hydrogens (tertiary/aromatic N) is 3. The summed E-state index contributed by atoms with van der Waals surface area (Å²) >= 11 is 18.2. The molecule has 0 radical (unpaired) electrons. The molecule has 1 heterocycles. The molecule has 1 unspecified atom stereocenters. The van der Waals surface area contributed by atoms with Gasteiger partial charge in [0.05, 0.1) is 32.7 Å². The average molecular weight is 454 g/mol. The quantitative estimate of drug-likeness (QED) is 0.559. The summed E-state index contributed by atoms with van der Waals surface area (Å²) in [6, 6.07) is 9.07. The topological polar surface area (TPSA) is 67.2 Å². The number of nitrogens with one attached hydrogen (secondary N) is 1. The highest BCUT2D eigenvalue weighted by Gasteiger charge is 2.23. The van der Waals surface area contributed by atoms with Gasteiger partial charge >= 0.3 is 6.03 Å².